The van der Waals surface area contributed by atoms with E-state index in [9.17, 15) is 19.0 Å². The summed E-state index contributed by atoms with van der Waals surface area (Å²) in [4.78, 5) is 37.4. The zero-order chi connectivity index (χ0) is 38.6. The van der Waals surface area contributed by atoms with Crippen molar-refractivity contribution in [3.63, 3.8) is 0 Å². The second-order valence-electron chi connectivity index (χ2n) is 13.7. The molecule has 0 amide bonds. The van der Waals surface area contributed by atoms with Crippen molar-refractivity contribution < 1.29 is 42.1 Å². The molecule has 0 aliphatic carbocycles. The number of ether oxygens (including phenoxy) is 2. The Balaban J connectivity index is 4.52. The summed E-state index contributed by atoms with van der Waals surface area (Å²) >= 11 is 0. The van der Waals surface area contributed by atoms with Gasteiger partial charge in [0, 0.05) is 12.8 Å². The third-order valence-corrected chi connectivity index (χ3v) is 8.53. The minimum absolute atomic E-state index is 0.0447. The second kappa shape index (κ2) is 34.0. The minimum atomic E-state index is -4.64. The highest BCUT2D eigenvalue weighted by molar-refractivity contribution is 7.45. The van der Waals surface area contributed by atoms with Gasteiger partial charge in [0.15, 0.2) is 6.10 Å². The number of quaternary nitrogens is 1. The van der Waals surface area contributed by atoms with E-state index < -0.39 is 32.5 Å². The van der Waals surface area contributed by atoms with Gasteiger partial charge in [-0.25, -0.2) is 0 Å². The summed E-state index contributed by atoms with van der Waals surface area (Å²) in [7, 11) is 1.11. The number of allylic oxidation sites excluding steroid dienone is 14. The lowest BCUT2D eigenvalue weighted by Crippen LogP contribution is -2.37. The van der Waals surface area contributed by atoms with Gasteiger partial charge in [-0.05, 0) is 51.4 Å². The maximum Gasteiger partial charge on any atom is 0.306 e. The average Bonchev–Trinajstić information content (AvgIpc) is 3.09. The monoisotopic (exact) mass is 747 g/mol. The maximum atomic E-state index is 12.6. The molecule has 0 saturated carbocycles. The first-order valence-corrected chi connectivity index (χ1v) is 20.8. The number of carbonyl (C=O) groups is 2. The van der Waals surface area contributed by atoms with E-state index in [-0.39, 0.29) is 26.1 Å². The van der Waals surface area contributed by atoms with Gasteiger partial charge >= 0.3 is 11.9 Å². The fourth-order valence-electron chi connectivity index (χ4n) is 4.54. The van der Waals surface area contributed by atoms with Crippen LogP contribution in [-0.2, 0) is 32.7 Å². The number of phosphoric acid groups is 1. The van der Waals surface area contributed by atoms with E-state index in [1.807, 2.05) is 69.8 Å². The van der Waals surface area contributed by atoms with Gasteiger partial charge < -0.3 is 27.9 Å². The Bertz CT molecular complexity index is 1160. The molecule has 2 atom stereocenters. The van der Waals surface area contributed by atoms with Crippen LogP contribution >= 0.6 is 7.82 Å². The summed E-state index contributed by atoms with van der Waals surface area (Å²) in [5.74, 6) is -0.899. The number of likely N-dealkylation sites (N-methyl/N-ethyl adjacent to an activating group) is 1. The molecule has 0 heterocycles. The Morgan fingerprint density at radius 1 is 0.596 bits per heavy atom. The van der Waals surface area contributed by atoms with Crippen molar-refractivity contribution in [3.8, 4) is 0 Å². The van der Waals surface area contributed by atoms with Crippen LogP contribution in [0.2, 0.25) is 0 Å². The molecule has 0 radical (unpaired) electrons. The van der Waals surface area contributed by atoms with Gasteiger partial charge in [-0.1, -0.05) is 137 Å². The Morgan fingerprint density at radius 3 is 1.54 bits per heavy atom. The highest BCUT2D eigenvalue weighted by Crippen LogP contribution is 2.38. The van der Waals surface area contributed by atoms with Crippen LogP contribution < -0.4 is 4.89 Å². The van der Waals surface area contributed by atoms with E-state index >= 15 is 0 Å². The Hall–Kier alpha value is -2.81. The highest BCUT2D eigenvalue weighted by Gasteiger charge is 2.21. The molecule has 0 fully saturated rings. The van der Waals surface area contributed by atoms with Gasteiger partial charge in [-0.2, -0.15) is 0 Å². The van der Waals surface area contributed by atoms with Crippen LogP contribution in [0.4, 0.5) is 0 Å². The smallest absolute Gasteiger partial charge is 0.306 e. The first kappa shape index (κ1) is 49.2. The fourth-order valence-corrected chi connectivity index (χ4v) is 5.27. The Kier molecular flexibility index (Phi) is 32.2. The van der Waals surface area contributed by atoms with Crippen molar-refractivity contribution >= 4 is 19.8 Å². The van der Waals surface area contributed by atoms with Gasteiger partial charge in [0.05, 0.1) is 27.7 Å². The van der Waals surface area contributed by atoms with E-state index in [0.29, 0.717) is 23.9 Å². The van der Waals surface area contributed by atoms with Crippen molar-refractivity contribution in [1.29, 1.82) is 0 Å². The first-order valence-electron chi connectivity index (χ1n) is 19.4. The fraction of sp³-hybridized carbons (Fsp3) is 0.619. The van der Waals surface area contributed by atoms with Crippen LogP contribution in [-0.4, -0.2) is 70.0 Å². The summed E-state index contributed by atoms with van der Waals surface area (Å²) in [6.07, 6.45) is 41.8. The lowest BCUT2D eigenvalue weighted by Gasteiger charge is -2.28. The van der Waals surface area contributed by atoms with E-state index in [0.717, 1.165) is 77.0 Å². The van der Waals surface area contributed by atoms with Crippen molar-refractivity contribution in [2.75, 3.05) is 47.5 Å². The number of carbonyl (C=O) groups excluding carboxylic acids is 2. The molecule has 0 aromatic heterocycles. The van der Waals surface area contributed by atoms with Crippen molar-refractivity contribution in [3.05, 3.63) is 85.1 Å². The Labute approximate surface area is 316 Å². The third kappa shape index (κ3) is 37.0. The molecule has 52 heavy (non-hydrogen) atoms. The number of phosphoric ester groups is 1. The minimum Gasteiger partial charge on any atom is -0.756 e. The molecule has 9 nitrogen and oxygen atoms in total. The number of hydrogen-bond donors (Lipinski definition) is 0. The van der Waals surface area contributed by atoms with Gasteiger partial charge in [0.1, 0.15) is 19.8 Å². The lowest BCUT2D eigenvalue weighted by molar-refractivity contribution is -0.870. The van der Waals surface area contributed by atoms with Crippen molar-refractivity contribution in [2.24, 2.45) is 0 Å². The molecule has 0 saturated heterocycles. The third-order valence-electron chi connectivity index (χ3n) is 7.57. The summed E-state index contributed by atoms with van der Waals surface area (Å²) < 4.78 is 33.7. The zero-order valence-corrected chi connectivity index (χ0v) is 33.9. The predicted molar refractivity (Wildman–Crippen MR) is 212 cm³/mol. The van der Waals surface area contributed by atoms with Gasteiger partial charge in [0.25, 0.3) is 7.82 Å². The molecule has 0 rings (SSSR count). The summed E-state index contributed by atoms with van der Waals surface area (Å²) in [6, 6.07) is 0. The van der Waals surface area contributed by atoms with Crippen LogP contribution in [0.25, 0.3) is 0 Å². The van der Waals surface area contributed by atoms with Gasteiger partial charge in [-0.15, -0.1) is 0 Å². The lowest BCUT2D eigenvalue weighted by atomic mass is 10.1. The molecule has 0 aromatic rings. The van der Waals surface area contributed by atoms with Crippen LogP contribution in [0.1, 0.15) is 117 Å². The molecule has 0 spiro atoms. The largest absolute Gasteiger partial charge is 0.756 e. The Morgan fingerprint density at radius 2 is 1.04 bits per heavy atom. The van der Waals surface area contributed by atoms with Crippen LogP contribution in [0.15, 0.2) is 85.1 Å². The molecule has 296 valence electrons. The SMILES string of the molecule is CC/C=C/C=C/C=C/C=C/CCCCCCCC(=O)OCC(COP(=O)([O-])OCC[N+](C)(C)C)OC(=O)CCCCCCC/C=C/C=C/C=C/CC. The second-order valence-corrected chi connectivity index (χ2v) is 15.1. The van der Waals surface area contributed by atoms with Gasteiger partial charge in [-0.3, -0.25) is 14.2 Å². The molecule has 10 heteroatoms. The first-order chi connectivity index (χ1) is 25.0. The van der Waals surface area contributed by atoms with E-state index in [1.165, 1.54) is 0 Å². The average molecular weight is 748 g/mol. The van der Waals surface area contributed by atoms with Crippen molar-refractivity contribution in [2.45, 2.75) is 123 Å². The molecule has 0 N–H and O–H groups in total. The van der Waals surface area contributed by atoms with Crippen LogP contribution in [0.5, 0.6) is 0 Å². The molecule has 0 aromatic carbocycles. The predicted octanol–water partition coefficient (Wildman–Crippen LogP) is 9.82. The number of nitrogens with zero attached hydrogens (tertiary/aromatic N) is 1. The molecular weight excluding hydrogens is 677 g/mol. The summed E-state index contributed by atoms with van der Waals surface area (Å²) in [6.45, 7) is 3.86. The molecular formula is C42H70NO8P. The molecule has 0 aliphatic rings. The number of rotatable bonds is 33. The normalized spacial score (nSPS) is 14.7. The zero-order valence-electron chi connectivity index (χ0n) is 33.0. The van der Waals surface area contributed by atoms with E-state index in [1.54, 1.807) is 0 Å². The topological polar surface area (TPSA) is 111 Å². The maximum absolute atomic E-state index is 12.6. The standard InChI is InChI=1S/C42H70NO8P/c1-6-8-10-12-14-16-18-20-21-23-24-26-28-30-32-34-41(44)48-38-40(39-50-52(46,47)49-37-36-43(3,4)5)51-42(45)35-33-31-29-27-25-22-19-17-15-13-11-9-7-2/h8-21,40H,6-7,22-39H2,1-5H3/b10-8+,11-9+,14-12+,15-13+,18-16+,19-17+,21-20+. The number of hydrogen-bond acceptors (Lipinski definition) is 8. The number of esters is 2. The van der Waals surface area contributed by atoms with Crippen molar-refractivity contribution in [1.82, 2.24) is 0 Å². The van der Waals surface area contributed by atoms with Crippen LogP contribution in [0, 0.1) is 0 Å². The quantitative estimate of drug-likeness (QED) is 0.0215. The molecule has 0 aliphatic heterocycles. The summed E-state index contributed by atoms with van der Waals surface area (Å²) in [5.41, 5.74) is 0. The van der Waals surface area contributed by atoms with Gasteiger partial charge in [0.2, 0.25) is 0 Å². The highest BCUT2D eigenvalue weighted by atomic mass is 31.2. The van der Waals surface area contributed by atoms with E-state index in [2.05, 4.69) is 50.3 Å². The number of unbranched alkanes of at least 4 members (excludes halogenated alkanes) is 10. The summed E-state index contributed by atoms with van der Waals surface area (Å²) in [5, 5.41) is 0. The molecule has 0 bridgehead atoms. The van der Waals surface area contributed by atoms with Crippen LogP contribution in [0.3, 0.4) is 0 Å². The van der Waals surface area contributed by atoms with E-state index in [4.69, 9.17) is 18.5 Å². The molecule has 2 unspecified atom stereocenters.